The van der Waals surface area contributed by atoms with Crippen LogP contribution >= 0.6 is 0 Å². The second kappa shape index (κ2) is 11.2. The van der Waals surface area contributed by atoms with Gasteiger partial charge in [0, 0.05) is 30.8 Å². The Hall–Kier alpha value is -2.58. The quantitative estimate of drug-likeness (QED) is 0.460. The fraction of sp³-hybridized carbons (Fsp3) is 0.615. The number of hydrogen-bond acceptors (Lipinski definition) is 6. The largest absolute Gasteiger partial charge is 0.396 e. The molecule has 184 valence electrons. The molecule has 1 aromatic carbocycles. The van der Waals surface area contributed by atoms with Gasteiger partial charge >= 0.3 is 0 Å². The summed E-state index contributed by atoms with van der Waals surface area (Å²) >= 11 is 0. The zero-order valence-electron chi connectivity index (χ0n) is 20.8. The van der Waals surface area contributed by atoms with Gasteiger partial charge in [-0.2, -0.15) is 0 Å². The molecule has 0 amide bonds. The number of hydrogen-bond donors (Lipinski definition) is 2. The van der Waals surface area contributed by atoms with E-state index in [-0.39, 0.29) is 18.2 Å². The fourth-order valence-corrected chi connectivity index (χ4v) is 5.23. The van der Waals surface area contributed by atoms with Crippen LogP contribution in [0.3, 0.4) is 0 Å². The maximum atomic E-state index is 13.0. The molecule has 1 unspecified atom stereocenters. The highest BCUT2D eigenvalue weighted by Gasteiger charge is 2.29. The number of aliphatic hydroxyl groups excluding tert-OH is 1. The summed E-state index contributed by atoms with van der Waals surface area (Å²) in [5.74, 6) is 0.885. The minimum atomic E-state index is -0.0631. The van der Waals surface area contributed by atoms with Crippen molar-refractivity contribution < 1.29 is 5.11 Å². The molecule has 1 atom stereocenters. The zero-order chi connectivity index (χ0) is 24.1. The lowest BCUT2D eigenvalue weighted by Crippen LogP contribution is -2.34. The van der Waals surface area contributed by atoms with Gasteiger partial charge in [0.2, 0.25) is 0 Å². The number of fused-ring (bicyclic) bond motifs is 1. The van der Waals surface area contributed by atoms with Crippen LogP contribution in [-0.2, 0) is 6.54 Å². The Labute approximate surface area is 201 Å². The third-order valence-corrected chi connectivity index (χ3v) is 7.25. The number of rotatable bonds is 10. The Morgan fingerprint density at radius 2 is 1.94 bits per heavy atom. The molecule has 3 aromatic rings. The molecule has 1 aliphatic rings. The standard InChI is InChI=1S/C26H38N6O2/c1-4-9-24(25-28-29-30-32(25)22-10-6-5-7-11-22)31(12-8-13-33)17-21-16-20-14-18(2)19(3)15-23(20)27-26(21)34/h14-16,22,24,33H,4-13,17H2,1-3H3,(H,27,34). The predicted molar refractivity (Wildman–Crippen MR) is 134 cm³/mol. The number of tetrazole rings is 1. The number of aromatic nitrogens is 5. The Balaban J connectivity index is 1.69. The molecule has 2 N–H and O–H groups in total. The number of aryl methyl sites for hydroxylation is 2. The average Bonchev–Trinajstić information content (AvgIpc) is 3.32. The molecular formula is C26H38N6O2. The summed E-state index contributed by atoms with van der Waals surface area (Å²) in [6.45, 7) is 7.58. The second-order valence-corrected chi connectivity index (χ2v) is 9.77. The molecule has 0 spiro atoms. The van der Waals surface area contributed by atoms with Gasteiger partial charge in [0.15, 0.2) is 5.82 Å². The molecule has 1 aliphatic carbocycles. The maximum absolute atomic E-state index is 13.0. The molecule has 4 rings (SSSR count). The summed E-state index contributed by atoms with van der Waals surface area (Å²) in [5.41, 5.74) is 3.90. The van der Waals surface area contributed by atoms with Crippen molar-refractivity contribution in [2.75, 3.05) is 13.2 Å². The lowest BCUT2D eigenvalue weighted by atomic mass is 9.95. The van der Waals surface area contributed by atoms with E-state index in [0.717, 1.165) is 53.5 Å². The maximum Gasteiger partial charge on any atom is 0.252 e. The lowest BCUT2D eigenvalue weighted by Gasteiger charge is -2.32. The van der Waals surface area contributed by atoms with Crippen molar-refractivity contribution in [2.45, 2.75) is 90.8 Å². The molecule has 1 saturated carbocycles. The minimum Gasteiger partial charge on any atom is -0.396 e. The van der Waals surface area contributed by atoms with E-state index in [1.54, 1.807) is 0 Å². The number of aliphatic hydroxyl groups is 1. The van der Waals surface area contributed by atoms with E-state index in [0.29, 0.717) is 25.6 Å². The lowest BCUT2D eigenvalue weighted by molar-refractivity contribution is 0.143. The highest BCUT2D eigenvalue weighted by atomic mass is 16.3. The van der Waals surface area contributed by atoms with Crippen molar-refractivity contribution in [3.8, 4) is 0 Å². The SMILES string of the molecule is CCCC(c1nnnn1C1CCCCC1)N(CCCO)Cc1cc2cc(C)c(C)cc2[nH]c1=O. The second-order valence-electron chi connectivity index (χ2n) is 9.77. The summed E-state index contributed by atoms with van der Waals surface area (Å²) in [6.07, 6.45) is 8.41. The van der Waals surface area contributed by atoms with Gasteiger partial charge in [-0.05, 0) is 84.7 Å². The first-order chi connectivity index (χ1) is 16.5. The Morgan fingerprint density at radius 1 is 1.18 bits per heavy atom. The van der Waals surface area contributed by atoms with Gasteiger partial charge in [-0.15, -0.1) is 5.10 Å². The Morgan fingerprint density at radius 3 is 2.68 bits per heavy atom. The third-order valence-electron chi connectivity index (χ3n) is 7.25. The summed E-state index contributed by atoms with van der Waals surface area (Å²) < 4.78 is 2.04. The molecule has 0 bridgehead atoms. The van der Waals surface area contributed by atoms with Crippen LogP contribution in [0.2, 0.25) is 0 Å². The zero-order valence-corrected chi connectivity index (χ0v) is 20.8. The van der Waals surface area contributed by atoms with Crippen molar-refractivity contribution in [3.05, 3.63) is 51.1 Å². The monoisotopic (exact) mass is 466 g/mol. The van der Waals surface area contributed by atoms with Crippen molar-refractivity contribution >= 4 is 10.9 Å². The highest BCUT2D eigenvalue weighted by molar-refractivity contribution is 5.80. The third kappa shape index (κ3) is 5.39. The molecular weight excluding hydrogens is 428 g/mol. The van der Waals surface area contributed by atoms with Crippen LogP contribution in [0.5, 0.6) is 0 Å². The highest BCUT2D eigenvalue weighted by Crippen LogP contribution is 2.32. The normalized spacial score (nSPS) is 15.9. The van der Waals surface area contributed by atoms with E-state index >= 15 is 0 Å². The van der Waals surface area contributed by atoms with Gasteiger partial charge in [-0.25, -0.2) is 4.68 Å². The van der Waals surface area contributed by atoms with E-state index in [4.69, 9.17) is 0 Å². The number of nitrogens with one attached hydrogen (secondary N) is 1. The van der Waals surface area contributed by atoms with E-state index in [1.165, 1.54) is 24.8 Å². The predicted octanol–water partition coefficient (Wildman–Crippen LogP) is 4.36. The van der Waals surface area contributed by atoms with E-state index in [2.05, 4.69) is 52.2 Å². The van der Waals surface area contributed by atoms with Crippen LogP contribution in [0.4, 0.5) is 0 Å². The number of H-pyrrole nitrogens is 1. The van der Waals surface area contributed by atoms with E-state index in [9.17, 15) is 9.90 Å². The van der Waals surface area contributed by atoms with Crippen molar-refractivity contribution in [3.63, 3.8) is 0 Å². The summed E-state index contributed by atoms with van der Waals surface area (Å²) in [5, 5.41) is 23.6. The van der Waals surface area contributed by atoms with Gasteiger partial charge in [-0.3, -0.25) is 9.69 Å². The van der Waals surface area contributed by atoms with Crippen LogP contribution in [-0.4, -0.2) is 48.3 Å². The van der Waals surface area contributed by atoms with E-state index in [1.807, 2.05) is 16.8 Å². The van der Waals surface area contributed by atoms with Crippen LogP contribution in [0.15, 0.2) is 23.0 Å². The Kier molecular flexibility index (Phi) is 8.11. The molecule has 34 heavy (non-hydrogen) atoms. The van der Waals surface area contributed by atoms with Crippen LogP contribution in [0.25, 0.3) is 10.9 Å². The molecule has 2 heterocycles. The first-order valence-corrected chi connectivity index (χ1v) is 12.8. The molecule has 0 saturated heterocycles. The van der Waals surface area contributed by atoms with Crippen molar-refractivity contribution in [1.82, 2.24) is 30.1 Å². The molecule has 8 heteroatoms. The van der Waals surface area contributed by atoms with Gasteiger partial charge in [0.05, 0.1) is 12.1 Å². The van der Waals surface area contributed by atoms with Gasteiger partial charge in [-0.1, -0.05) is 32.6 Å². The first-order valence-electron chi connectivity index (χ1n) is 12.8. The number of nitrogens with zero attached hydrogens (tertiary/aromatic N) is 5. The van der Waals surface area contributed by atoms with E-state index < -0.39 is 0 Å². The van der Waals surface area contributed by atoms with Crippen LogP contribution in [0.1, 0.15) is 92.9 Å². The van der Waals surface area contributed by atoms with Crippen LogP contribution < -0.4 is 5.56 Å². The smallest absolute Gasteiger partial charge is 0.252 e. The fourth-order valence-electron chi connectivity index (χ4n) is 5.23. The first kappa shape index (κ1) is 24.5. The Bertz CT molecular complexity index is 1150. The minimum absolute atomic E-state index is 0.0108. The summed E-state index contributed by atoms with van der Waals surface area (Å²) in [7, 11) is 0. The molecule has 0 radical (unpaired) electrons. The molecule has 2 aromatic heterocycles. The molecule has 8 nitrogen and oxygen atoms in total. The average molecular weight is 467 g/mol. The molecule has 0 aliphatic heterocycles. The topological polar surface area (TPSA) is 99.9 Å². The molecule has 1 fully saturated rings. The number of aromatic amines is 1. The summed E-state index contributed by atoms with van der Waals surface area (Å²) in [6, 6.07) is 6.52. The van der Waals surface area contributed by atoms with Gasteiger partial charge in [0.1, 0.15) is 0 Å². The number of benzene rings is 1. The number of pyridine rings is 1. The summed E-state index contributed by atoms with van der Waals surface area (Å²) in [4.78, 5) is 18.4. The van der Waals surface area contributed by atoms with Crippen LogP contribution in [0, 0.1) is 13.8 Å². The van der Waals surface area contributed by atoms with Crippen molar-refractivity contribution in [1.29, 1.82) is 0 Å². The van der Waals surface area contributed by atoms with Gasteiger partial charge in [0.25, 0.3) is 5.56 Å². The van der Waals surface area contributed by atoms with Crippen molar-refractivity contribution in [2.24, 2.45) is 0 Å². The van der Waals surface area contributed by atoms with Gasteiger partial charge < -0.3 is 10.1 Å².